The third kappa shape index (κ3) is 22.6. The van der Waals surface area contributed by atoms with Gasteiger partial charge in [0.1, 0.15) is 6.61 Å². The van der Waals surface area contributed by atoms with Gasteiger partial charge in [-0.2, -0.15) is 0 Å². The first-order chi connectivity index (χ1) is 14.2. The van der Waals surface area contributed by atoms with Crippen molar-refractivity contribution >= 4 is 11.9 Å². The Morgan fingerprint density at radius 1 is 0.586 bits per heavy atom. The van der Waals surface area contributed by atoms with Crippen molar-refractivity contribution in [2.45, 2.75) is 110 Å². The molecule has 0 aliphatic carbocycles. The second-order valence-corrected chi connectivity index (χ2v) is 7.54. The van der Waals surface area contributed by atoms with Gasteiger partial charge in [0.15, 0.2) is 0 Å². The van der Waals surface area contributed by atoms with Gasteiger partial charge in [-0.15, -0.1) is 0 Å². The minimum absolute atomic E-state index is 0.0806. The van der Waals surface area contributed by atoms with E-state index in [0.717, 1.165) is 19.3 Å². The number of rotatable bonds is 20. The molecule has 0 heterocycles. The van der Waals surface area contributed by atoms with Gasteiger partial charge in [-0.25, -0.2) is 0 Å². The van der Waals surface area contributed by atoms with Crippen molar-refractivity contribution in [3.05, 3.63) is 24.3 Å². The van der Waals surface area contributed by atoms with Crippen molar-refractivity contribution in [3.8, 4) is 0 Å². The van der Waals surface area contributed by atoms with E-state index in [1.807, 2.05) is 6.08 Å². The minimum atomic E-state index is -0.349. The number of ether oxygens (including phenoxy) is 2. The van der Waals surface area contributed by atoms with Crippen molar-refractivity contribution in [1.29, 1.82) is 0 Å². The van der Waals surface area contributed by atoms with Crippen LogP contribution in [0, 0.1) is 0 Å². The molecule has 0 spiro atoms. The SMILES string of the molecule is CCCCC/C=C/CCOC(=O)CCC(=O)OC/C=C/CCCCCCCCC. The molecular weight excluding hydrogens is 364 g/mol. The molecule has 29 heavy (non-hydrogen) atoms. The largest absolute Gasteiger partial charge is 0.465 e. The molecule has 4 nitrogen and oxygen atoms in total. The molecule has 4 heteroatoms. The first-order valence-corrected chi connectivity index (χ1v) is 11.8. The van der Waals surface area contributed by atoms with Crippen LogP contribution >= 0.6 is 0 Å². The Bertz CT molecular complexity index is 440. The number of carbonyl (C=O) groups is 2. The van der Waals surface area contributed by atoms with Crippen molar-refractivity contribution in [2.24, 2.45) is 0 Å². The Balaban J connectivity index is 3.46. The predicted octanol–water partition coefficient (Wildman–Crippen LogP) is 7.08. The molecule has 0 aromatic heterocycles. The highest BCUT2D eigenvalue weighted by atomic mass is 16.5. The Labute approximate surface area is 179 Å². The summed E-state index contributed by atoms with van der Waals surface area (Å²) >= 11 is 0. The van der Waals surface area contributed by atoms with Crippen LogP contribution in [0.15, 0.2) is 24.3 Å². The summed E-state index contributed by atoms with van der Waals surface area (Å²) in [5, 5.41) is 0. The van der Waals surface area contributed by atoms with Gasteiger partial charge in [0.25, 0.3) is 0 Å². The van der Waals surface area contributed by atoms with Gasteiger partial charge in [0.2, 0.25) is 0 Å². The lowest BCUT2D eigenvalue weighted by Crippen LogP contribution is -2.10. The first-order valence-electron chi connectivity index (χ1n) is 11.8. The third-order valence-corrected chi connectivity index (χ3v) is 4.70. The molecule has 0 atom stereocenters. The summed E-state index contributed by atoms with van der Waals surface area (Å²) in [6.45, 7) is 5.08. The van der Waals surface area contributed by atoms with Gasteiger partial charge in [0.05, 0.1) is 19.4 Å². The Kier molecular flexibility index (Phi) is 21.5. The fourth-order valence-electron chi connectivity index (χ4n) is 2.88. The average molecular weight is 409 g/mol. The van der Waals surface area contributed by atoms with Crippen LogP contribution in [0.3, 0.4) is 0 Å². The number of unbranched alkanes of at least 4 members (excludes halogenated alkanes) is 10. The first kappa shape index (κ1) is 27.4. The maximum Gasteiger partial charge on any atom is 0.306 e. The molecule has 0 aliphatic rings. The van der Waals surface area contributed by atoms with Crippen LogP contribution in [0.1, 0.15) is 110 Å². The lowest BCUT2D eigenvalue weighted by molar-refractivity contribution is -0.149. The summed E-state index contributed by atoms with van der Waals surface area (Å²) in [4.78, 5) is 23.2. The van der Waals surface area contributed by atoms with Crippen LogP contribution in [0.2, 0.25) is 0 Å². The van der Waals surface area contributed by atoms with Crippen LogP contribution in [0.25, 0.3) is 0 Å². The zero-order valence-corrected chi connectivity index (χ0v) is 19.0. The van der Waals surface area contributed by atoms with E-state index in [9.17, 15) is 9.59 Å². The highest BCUT2D eigenvalue weighted by Crippen LogP contribution is 2.08. The topological polar surface area (TPSA) is 52.6 Å². The number of esters is 2. The molecule has 0 unspecified atom stereocenters. The van der Waals surface area contributed by atoms with E-state index in [0.29, 0.717) is 6.61 Å². The summed E-state index contributed by atoms with van der Waals surface area (Å²) in [6.07, 6.45) is 24.0. The van der Waals surface area contributed by atoms with Crippen molar-refractivity contribution in [2.75, 3.05) is 13.2 Å². The maximum absolute atomic E-state index is 11.6. The van der Waals surface area contributed by atoms with Crippen LogP contribution in [-0.2, 0) is 19.1 Å². The lowest BCUT2D eigenvalue weighted by Gasteiger charge is -2.03. The smallest absolute Gasteiger partial charge is 0.306 e. The molecule has 168 valence electrons. The van der Waals surface area contributed by atoms with Gasteiger partial charge >= 0.3 is 11.9 Å². The van der Waals surface area contributed by atoms with Gasteiger partial charge in [-0.1, -0.05) is 89.5 Å². The molecule has 0 saturated carbocycles. The highest BCUT2D eigenvalue weighted by molar-refractivity contribution is 5.77. The minimum Gasteiger partial charge on any atom is -0.465 e. The van der Waals surface area contributed by atoms with E-state index in [-0.39, 0.29) is 31.4 Å². The fourth-order valence-corrected chi connectivity index (χ4v) is 2.88. The van der Waals surface area contributed by atoms with E-state index < -0.39 is 0 Å². The standard InChI is InChI=1S/C25H44O4/c1-3-5-7-9-11-12-13-15-17-19-23-29-25(27)21-20-24(26)28-22-18-16-14-10-8-6-4-2/h14,16-17,19H,3-13,15,18,20-23H2,1-2H3/b16-14+,19-17+. The molecular formula is C25H44O4. The van der Waals surface area contributed by atoms with E-state index in [1.165, 1.54) is 64.2 Å². The molecule has 0 aromatic rings. The Morgan fingerprint density at radius 3 is 1.76 bits per heavy atom. The summed E-state index contributed by atoms with van der Waals surface area (Å²) in [5.74, 6) is -0.686. The number of hydrogen-bond acceptors (Lipinski definition) is 4. The predicted molar refractivity (Wildman–Crippen MR) is 121 cm³/mol. The average Bonchev–Trinajstić information content (AvgIpc) is 2.72. The molecule has 0 fully saturated rings. The van der Waals surface area contributed by atoms with E-state index in [2.05, 4.69) is 32.1 Å². The molecule has 0 aliphatic heterocycles. The molecule has 0 rings (SSSR count). The van der Waals surface area contributed by atoms with Crippen molar-refractivity contribution in [1.82, 2.24) is 0 Å². The molecule has 0 radical (unpaired) electrons. The van der Waals surface area contributed by atoms with Gasteiger partial charge in [0, 0.05) is 0 Å². The second-order valence-electron chi connectivity index (χ2n) is 7.54. The highest BCUT2D eigenvalue weighted by Gasteiger charge is 2.08. The quantitative estimate of drug-likeness (QED) is 0.123. The molecule has 0 bridgehead atoms. The number of hydrogen-bond donors (Lipinski definition) is 0. The van der Waals surface area contributed by atoms with Crippen LogP contribution in [0.4, 0.5) is 0 Å². The van der Waals surface area contributed by atoms with Crippen molar-refractivity contribution in [3.63, 3.8) is 0 Å². The maximum atomic E-state index is 11.6. The third-order valence-electron chi connectivity index (χ3n) is 4.70. The van der Waals surface area contributed by atoms with E-state index in [1.54, 1.807) is 0 Å². The molecule has 0 aromatic carbocycles. The zero-order valence-electron chi connectivity index (χ0n) is 19.0. The van der Waals surface area contributed by atoms with E-state index >= 15 is 0 Å². The second kappa shape index (κ2) is 22.7. The molecule has 0 saturated heterocycles. The summed E-state index contributed by atoms with van der Waals surface area (Å²) in [6, 6.07) is 0. The number of allylic oxidation sites excluding steroid dienone is 2. The molecule has 0 amide bonds. The summed E-state index contributed by atoms with van der Waals surface area (Å²) in [5.41, 5.74) is 0. The van der Waals surface area contributed by atoms with Gasteiger partial charge in [-0.3, -0.25) is 9.59 Å². The van der Waals surface area contributed by atoms with Crippen LogP contribution in [0.5, 0.6) is 0 Å². The van der Waals surface area contributed by atoms with Gasteiger partial charge in [-0.05, 0) is 32.1 Å². The monoisotopic (exact) mass is 408 g/mol. The molecule has 0 N–H and O–H groups in total. The number of carbonyl (C=O) groups excluding carboxylic acids is 2. The van der Waals surface area contributed by atoms with Crippen molar-refractivity contribution < 1.29 is 19.1 Å². The fraction of sp³-hybridized carbons (Fsp3) is 0.760. The zero-order chi connectivity index (χ0) is 21.4. The Hall–Kier alpha value is -1.58. The van der Waals surface area contributed by atoms with Crippen LogP contribution < -0.4 is 0 Å². The summed E-state index contributed by atoms with van der Waals surface area (Å²) < 4.78 is 10.2. The van der Waals surface area contributed by atoms with Crippen LogP contribution in [-0.4, -0.2) is 25.2 Å². The van der Waals surface area contributed by atoms with Gasteiger partial charge < -0.3 is 9.47 Å². The Morgan fingerprint density at radius 2 is 1.07 bits per heavy atom. The normalized spacial score (nSPS) is 11.4. The lowest BCUT2D eigenvalue weighted by atomic mass is 10.1. The summed E-state index contributed by atoms with van der Waals surface area (Å²) in [7, 11) is 0. The van der Waals surface area contributed by atoms with E-state index in [4.69, 9.17) is 9.47 Å².